The molecule has 0 bridgehead atoms. The predicted octanol–water partition coefficient (Wildman–Crippen LogP) is 5.70. The van der Waals surface area contributed by atoms with Crippen LogP contribution in [0.5, 0.6) is 0 Å². The van der Waals surface area contributed by atoms with E-state index in [0.717, 1.165) is 19.3 Å². The lowest BCUT2D eigenvalue weighted by Gasteiger charge is -2.59. The number of aliphatic hydroxyl groups excluding tert-OH is 1. The van der Waals surface area contributed by atoms with Gasteiger partial charge in [0, 0.05) is 11.8 Å². The van der Waals surface area contributed by atoms with Crippen molar-refractivity contribution in [1.29, 1.82) is 0 Å². The van der Waals surface area contributed by atoms with Gasteiger partial charge in [-0.05, 0) is 85.5 Å². The van der Waals surface area contributed by atoms with Crippen LogP contribution in [-0.4, -0.2) is 27.7 Å². The molecule has 0 radical (unpaired) electrons. The molecule has 0 spiro atoms. The highest BCUT2D eigenvalue weighted by molar-refractivity contribution is 5.99. The first-order valence-electron chi connectivity index (χ1n) is 12.8. The summed E-state index contributed by atoms with van der Waals surface area (Å²) < 4.78 is 0. The SMILES string of the molecule is CC(C)[C@@H](C)/C=C/[C@@H](C)[C@H]1CCC2C3=CC(=O)[C@@]4(O)C[C@@H](O)CC[C@]4(C)C3CC[C@@]21C. The highest BCUT2D eigenvalue weighted by Gasteiger charge is 2.65. The van der Waals surface area contributed by atoms with Crippen molar-refractivity contribution in [2.45, 2.75) is 98.2 Å². The van der Waals surface area contributed by atoms with Gasteiger partial charge in [-0.1, -0.05) is 59.3 Å². The quantitative estimate of drug-likeness (QED) is 0.564. The number of rotatable bonds is 4. The average Bonchev–Trinajstić information content (AvgIpc) is 3.05. The van der Waals surface area contributed by atoms with Crippen LogP contribution in [0.25, 0.3) is 0 Å². The topological polar surface area (TPSA) is 57.5 Å². The van der Waals surface area contributed by atoms with Gasteiger partial charge in [0.05, 0.1) is 6.10 Å². The number of ketones is 1. The van der Waals surface area contributed by atoms with E-state index < -0.39 is 17.1 Å². The summed E-state index contributed by atoms with van der Waals surface area (Å²) in [5.74, 6) is 3.03. The first-order chi connectivity index (χ1) is 14.4. The molecule has 3 heteroatoms. The van der Waals surface area contributed by atoms with E-state index in [0.29, 0.717) is 36.0 Å². The van der Waals surface area contributed by atoms with Crippen molar-refractivity contribution < 1.29 is 15.0 Å². The van der Waals surface area contributed by atoms with E-state index >= 15 is 0 Å². The van der Waals surface area contributed by atoms with Gasteiger partial charge >= 0.3 is 0 Å². The summed E-state index contributed by atoms with van der Waals surface area (Å²) in [7, 11) is 0. The number of carbonyl (C=O) groups is 1. The molecule has 4 rings (SSSR count). The Labute approximate surface area is 189 Å². The van der Waals surface area contributed by atoms with E-state index in [2.05, 4.69) is 53.7 Å². The summed E-state index contributed by atoms with van der Waals surface area (Å²) in [6, 6.07) is 0. The van der Waals surface area contributed by atoms with Crippen molar-refractivity contribution in [2.75, 3.05) is 0 Å². The molecule has 3 nitrogen and oxygen atoms in total. The zero-order valence-corrected chi connectivity index (χ0v) is 20.5. The monoisotopic (exact) mass is 428 g/mol. The zero-order valence-electron chi connectivity index (χ0n) is 20.5. The van der Waals surface area contributed by atoms with Gasteiger partial charge in [0.15, 0.2) is 5.78 Å². The Kier molecular flexibility index (Phi) is 5.87. The molecule has 2 N–H and O–H groups in total. The van der Waals surface area contributed by atoms with Gasteiger partial charge in [0.1, 0.15) is 5.60 Å². The Bertz CT molecular complexity index is 781. The second-order valence-electron chi connectivity index (χ2n) is 12.4. The number of allylic oxidation sites excluding steroid dienone is 3. The van der Waals surface area contributed by atoms with E-state index in [1.54, 1.807) is 0 Å². The average molecular weight is 429 g/mol. The number of fused-ring (bicyclic) bond motifs is 5. The maximum Gasteiger partial charge on any atom is 0.187 e. The highest BCUT2D eigenvalue weighted by atomic mass is 16.3. The smallest absolute Gasteiger partial charge is 0.187 e. The summed E-state index contributed by atoms with van der Waals surface area (Å²) >= 11 is 0. The molecule has 4 aliphatic carbocycles. The van der Waals surface area contributed by atoms with Crippen LogP contribution in [0.4, 0.5) is 0 Å². The normalized spacial score (nSPS) is 47.0. The number of carbonyl (C=O) groups excluding carboxylic acids is 1. The standard InChI is InChI=1S/C28H44O3/c1-17(2)18(3)7-8-19(4)22-9-10-23-21-15-25(30)28(31)16-20(29)11-14-27(28,6)24(21)12-13-26(22,23)5/h7-8,15,17-20,22-24,29,31H,9-14,16H2,1-6H3/b8-7+/t18-,19+,20-,22+,23?,24?,26+,27+,28-/m0/s1. The van der Waals surface area contributed by atoms with Gasteiger partial charge in [-0.25, -0.2) is 0 Å². The van der Waals surface area contributed by atoms with Crippen LogP contribution in [0.2, 0.25) is 0 Å². The van der Waals surface area contributed by atoms with Crippen LogP contribution in [0.15, 0.2) is 23.8 Å². The molecule has 31 heavy (non-hydrogen) atoms. The number of aliphatic hydroxyl groups is 2. The summed E-state index contributed by atoms with van der Waals surface area (Å²) in [5.41, 5.74) is -0.275. The van der Waals surface area contributed by atoms with Crippen molar-refractivity contribution in [3.05, 3.63) is 23.8 Å². The van der Waals surface area contributed by atoms with E-state index in [1.807, 2.05) is 6.08 Å². The lowest BCUT2D eigenvalue weighted by molar-refractivity contribution is -0.180. The Morgan fingerprint density at radius 1 is 1.00 bits per heavy atom. The van der Waals surface area contributed by atoms with Crippen LogP contribution in [0.1, 0.15) is 86.5 Å². The van der Waals surface area contributed by atoms with Crippen molar-refractivity contribution in [3.63, 3.8) is 0 Å². The van der Waals surface area contributed by atoms with E-state index in [-0.39, 0.29) is 23.5 Å². The van der Waals surface area contributed by atoms with Crippen molar-refractivity contribution in [2.24, 2.45) is 46.3 Å². The summed E-state index contributed by atoms with van der Waals surface area (Å²) in [6.45, 7) is 13.9. The molecule has 9 atom stereocenters. The molecule has 0 amide bonds. The molecule has 3 saturated carbocycles. The Hall–Kier alpha value is -0.930. The fraction of sp³-hybridized carbons (Fsp3) is 0.821. The van der Waals surface area contributed by atoms with Gasteiger partial charge < -0.3 is 10.2 Å². The Morgan fingerprint density at radius 2 is 1.71 bits per heavy atom. The van der Waals surface area contributed by atoms with Crippen molar-refractivity contribution in [3.8, 4) is 0 Å². The molecule has 0 saturated heterocycles. The van der Waals surface area contributed by atoms with Gasteiger partial charge in [-0.3, -0.25) is 4.79 Å². The Balaban J connectivity index is 1.62. The molecule has 0 aromatic heterocycles. The van der Waals surface area contributed by atoms with Crippen LogP contribution in [0, 0.1) is 46.3 Å². The minimum absolute atomic E-state index is 0.147. The lowest BCUT2D eigenvalue weighted by Crippen LogP contribution is -2.64. The third kappa shape index (κ3) is 3.41. The second-order valence-corrected chi connectivity index (χ2v) is 12.4. The molecule has 0 heterocycles. The molecule has 174 valence electrons. The zero-order chi connectivity index (χ0) is 22.8. The highest BCUT2D eigenvalue weighted by Crippen LogP contribution is 2.67. The van der Waals surface area contributed by atoms with Crippen LogP contribution >= 0.6 is 0 Å². The Morgan fingerprint density at radius 3 is 2.39 bits per heavy atom. The molecule has 4 aliphatic rings. The largest absolute Gasteiger partial charge is 0.393 e. The minimum Gasteiger partial charge on any atom is -0.393 e. The minimum atomic E-state index is -1.40. The van der Waals surface area contributed by atoms with Crippen LogP contribution in [-0.2, 0) is 4.79 Å². The third-order valence-electron chi connectivity index (χ3n) is 10.5. The summed E-state index contributed by atoms with van der Waals surface area (Å²) in [5, 5.41) is 21.7. The van der Waals surface area contributed by atoms with Gasteiger partial charge in [0.25, 0.3) is 0 Å². The maximum atomic E-state index is 13.3. The van der Waals surface area contributed by atoms with E-state index in [9.17, 15) is 15.0 Å². The predicted molar refractivity (Wildman–Crippen MR) is 125 cm³/mol. The molecular weight excluding hydrogens is 384 g/mol. The van der Waals surface area contributed by atoms with Gasteiger partial charge in [0.2, 0.25) is 0 Å². The van der Waals surface area contributed by atoms with E-state index in [4.69, 9.17) is 0 Å². The molecule has 0 aromatic carbocycles. The first kappa shape index (κ1) is 23.2. The van der Waals surface area contributed by atoms with Crippen LogP contribution < -0.4 is 0 Å². The second kappa shape index (κ2) is 7.83. The fourth-order valence-electron chi connectivity index (χ4n) is 7.96. The third-order valence-corrected chi connectivity index (χ3v) is 10.5. The lowest BCUT2D eigenvalue weighted by atomic mass is 9.46. The molecule has 2 unspecified atom stereocenters. The number of hydrogen-bond acceptors (Lipinski definition) is 3. The summed E-state index contributed by atoms with van der Waals surface area (Å²) in [6.07, 6.45) is 12.4. The van der Waals surface area contributed by atoms with Gasteiger partial charge in [-0.15, -0.1) is 0 Å². The summed E-state index contributed by atoms with van der Waals surface area (Å²) in [4.78, 5) is 13.3. The molecule has 0 aliphatic heterocycles. The number of hydrogen-bond donors (Lipinski definition) is 2. The van der Waals surface area contributed by atoms with E-state index in [1.165, 1.54) is 18.4 Å². The van der Waals surface area contributed by atoms with Crippen molar-refractivity contribution in [1.82, 2.24) is 0 Å². The fourth-order valence-corrected chi connectivity index (χ4v) is 7.96. The van der Waals surface area contributed by atoms with Crippen molar-refractivity contribution >= 4 is 5.78 Å². The molecular formula is C28H44O3. The van der Waals surface area contributed by atoms with Crippen LogP contribution in [0.3, 0.4) is 0 Å². The molecule has 3 fully saturated rings. The first-order valence-corrected chi connectivity index (χ1v) is 12.8. The maximum absolute atomic E-state index is 13.3. The van der Waals surface area contributed by atoms with Gasteiger partial charge in [-0.2, -0.15) is 0 Å². The molecule has 0 aromatic rings.